The van der Waals surface area contributed by atoms with Crippen molar-refractivity contribution in [3.63, 3.8) is 0 Å². The molecule has 3 heterocycles. The summed E-state index contributed by atoms with van der Waals surface area (Å²) in [5.41, 5.74) is 9.11. The zero-order valence-corrected chi connectivity index (χ0v) is 20.8. The van der Waals surface area contributed by atoms with Gasteiger partial charge in [-0.05, 0) is 82.9 Å². The van der Waals surface area contributed by atoms with Gasteiger partial charge in [-0.25, -0.2) is 14.3 Å². The number of fused-ring (bicyclic) bond motifs is 3. The molecule has 5 rings (SSSR count). The summed E-state index contributed by atoms with van der Waals surface area (Å²) in [6.45, 7) is 6.46. The predicted molar refractivity (Wildman–Crippen MR) is 136 cm³/mol. The first-order valence-electron chi connectivity index (χ1n) is 12.2. The molecular formula is C27H31N5O4. The van der Waals surface area contributed by atoms with E-state index in [2.05, 4.69) is 17.3 Å². The minimum Gasteiger partial charge on any atom is -0.458 e. The van der Waals surface area contributed by atoms with Gasteiger partial charge < -0.3 is 20.1 Å². The standard InChI is InChI=1S/C27H31N5O4/c1-27(2,3)36-26(34)31-15-7-10-21-20(16-31)25-29-22(23(24(28)33)32(25)30-21)17-11-13-19(14-12-17)35-18-8-5-4-6-9-18/h5,8-9,11-14,30H,4,6-7,10,15-16H2,1-3H3,(H2,28,33). The molecule has 3 N–H and O–H groups in total. The SMILES string of the molecule is CC(C)(C)OC(=O)N1CCCc2[nH]n3c(C(N)=O)c(-c4ccc(OC5=CCCC=C5)cc4)nc3c2C1. The van der Waals surface area contributed by atoms with Gasteiger partial charge in [-0.15, -0.1) is 0 Å². The van der Waals surface area contributed by atoms with Crippen molar-refractivity contribution >= 4 is 17.6 Å². The summed E-state index contributed by atoms with van der Waals surface area (Å²) in [6.07, 6.45) is 9.22. The van der Waals surface area contributed by atoms with Crippen LogP contribution in [0.3, 0.4) is 0 Å². The number of rotatable bonds is 4. The fourth-order valence-electron chi connectivity index (χ4n) is 4.55. The first kappa shape index (κ1) is 23.7. The van der Waals surface area contributed by atoms with Crippen molar-refractivity contribution in [3.05, 3.63) is 65.2 Å². The van der Waals surface area contributed by atoms with E-state index in [4.69, 9.17) is 20.2 Å². The van der Waals surface area contributed by atoms with Crippen molar-refractivity contribution in [1.29, 1.82) is 0 Å². The molecular weight excluding hydrogens is 458 g/mol. The van der Waals surface area contributed by atoms with Crippen LogP contribution in [0.15, 0.2) is 48.3 Å². The van der Waals surface area contributed by atoms with E-state index in [1.807, 2.05) is 51.1 Å². The molecule has 0 fully saturated rings. The maximum Gasteiger partial charge on any atom is 0.410 e. The van der Waals surface area contributed by atoms with E-state index >= 15 is 0 Å². The number of aromatic amines is 1. The summed E-state index contributed by atoms with van der Waals surface area (Å²) in [5, 5.41) is 3.30. The number of nitrogens with zero attached hydrogens (tertiary/aromatic N) is 3. The highest BCUT2D eigenvalue weighted by molar-refractivity contribution is 5.98. The third-order valence-electron chi connectivity index (χ3n) is 6.17. The minimum absolute atomic E-state index is 0.272. The number of nitrogens with one attached hydrogen (secondary N) is 1. The summed E-state index contributed by atoms with van der Waals surface area (Å²) in [5.74, 6) is 0.930. The number of amides is 2. The van der Waals surface area contributed by atoms with Crippen LogP contribution in [0.4, 0.5) is 4.79 Å². The number of aromatic nitrogens is 3. The van der Waals surface area contributed by atoms with Crippen molar-refractivity contribution in [2.75, 3.05) is 6.54 Å². The Balaban J connectivity index is 1.48. The molecule has 9 nitrogen and oxygen atoms in total. The molecule has 2 aliphatic rings. The molecule has 3 aromatic rings. The van der Waals surface area contributed by atoms with Crippen LogP contribution in [0.2, 0.25) is 0 Å². The predicted octanol–water partition coefficient (Wildman–Crippen LogP) is 4.72. The molecule has 0 atom stereocenters. The van der Waals surface area contributed by atoms with Gasteiger partial charge in [0.2, 0.25) is 0 Å². The van der Waals surface area contributed by atoms with Crippen LogP contribution in [0.25, 0.3) is 16.9 Å². The maximum atomic E-state index is 12.8. The van der Waals surface area contributed by atoms with Crippen LogP contribution < -0.4 is 10.5 Å². The van der Waals surface area contributed by atoms with E-state index < -0.39 is 11.5 Å². The monoisotopic (exact) mass is 489 g/mol. The topological polar surface area (TPSA) is 115 Å². The van der Waals surface area contributed by atoms with E-state index in [0.717, 1.165) is 48.3 Å². The lowest BCUT2D eigenvalue weighted by atomic mass is 10.1. The van der Waals surface area contributed by atoms with Gasteiger partial charge in [-0.3, -0.25) is 9.89 Å². The zero-order valence-electron chi connectivity index (χ0n) is 20.8. The molecule has 188 valence electrons. The second-order valence-corrected chi connectivity index (χ2v) is 10.1. The Morgan fingerprint density at radius 1 is 1.14 bits per heavy atom. The number of primary amides is 1. The Kier molecular flexibility index (Phi) is 6.07. The number of imidazole rings is 1. The maximum absolute atomic E-state index is 12.8. The molecule has 1 aromatic carbocycles. The van der Waals surface area contributed by atoms with Gasteiger partial charge in [0.25, 0.3) is 5.91 Å². The number of ether oxygens (including phenoxy) is 2. The minimum atomic E-state index is -0.587. The summed E-state index contributed by atoms with van der Waals surface area (Å²) in [6, 6.07) is 7.42. The Morgan fingerprint density at radius 3 is 2.58 bits per heavy atom. The lowest BCUT2D eigenvalue weighted by Gasteiger charge is -2.26. The molecule has 0 unspecified atom stereocenters. The van der Waals surface area contributed by atoms with Gasteiger partial charge in [-0.2, -0.15) is 0 Å². The third kappa shape index (κ3) is 4.73. The molecule has 2 amide bonds. The smallest absolute Gasteiger partial charge is 0.410 e. The highest BCUT2D eigenvalue weighted by atomic mass is 16.6. The Labute approximate surface area is 209 Å². The first-order valence-corrected chi connectivity index (χ1v) is 12.2. The van der Waals surface area contributed by atoms with Crippen molar-refractivity contribution in [2.24, 2.45) is 5.73 Å². The van der Waals surface area contributed by atoms with Crippen LogP contribution in [0.1, 0.15) is 61.8 Å². The fraction of sp³-hybridized carbons (Fsp3) is 0.370. The van der Waals surface area contributed by atoms with Crippen molar-refractivity contribution < 1.29 is 19.1 Å². The van der Waals surface area contributed by atoms with E-state index in [9.17, 15) is 9.59 Å². The van der Waals surface area contributed by atoms with Crippen molar-refractivity contribution in [2.45, 2.75) is 58.6 Å². The van der Waals surface area contributed by atoms with Gasteiger partial charge in [0.1, 0.15) is 22.8 Å². The van der Waals surface area contributed by atoms with E-state index in [1.54, 1.807) is 9.42 Å². The second-order valence-electron chi connectivity index (χ2n) is 10.1. The summed E-state index contributed by atoms with van der Waals surface area (Å²) < 4.78 is 13.2. The molecule has 1 aliphatic carbocycles. The number of hydrogen-bond acceptors (Lipinski definition) is 5. The van der Waals surface area contributed by atoms with Crippen LogP contribution >= 0.6 is 0 Å². The lowest BCUT2D eigenvalue weighted by Crippen LogP contribution is -2.36. The average Bonchev–Trinajstić information content (AvgIpc) is 3.26. The largest absolute Gasteiger partial charge is 0.458 e. The zero-order chi connectivity index (χ0) is 25.4. The quantitative estimate of drug-likeness (QED) is 0.550. The Hall–Kier alpha value is -4.01. The average molecular weight is 490 g/mol. The number of H-pyrrole nitrogens is 1. The lowest BCUT2D eigenvalue weighted by molar-refractivity contribution is 0.0237. The third-order valence-corrected chi connectivity index (χ3v) is 6.17. The highest BCUT2D eigenvalue weighted by Crippen LogP contribution is 2.31. The molecule has 9 heteroatoms. The summed E-state index contributed by atoms with van der Waals surface area (Å²) in [4.78, 5) is 31.8. The number of nitrogens with two attached hydrogens (primary N) is 1. The first-order chi connectivity index (χ1) is 17.2. The van der Waals surface area contributed by atoms with E-state index in [1.165, 1.54) is 0 Å². The number of aryl methyl sites for hydroxylation is 1. The molecule has 0 saturated heterocycles. The van der Waals surface area contributed by atoms with Crippen molar-refractivity contribution in [3.8, 4) is 17.0 Å². The molecule has 36 heavy (non-hydrogen) atoms. The van der Waals surface area contributed by atoms with Crippen LogP contribution in [-0.2, 0) is 17.7 Å². The van der Waals surface area contributed by atoms with Gasteiger partial charge in [-0.1, -0.05) is 6.08 Å². The number of benzene rings is 1. The molecule has 0 spiro atoms. The van der Waals surface area contributed by atoms with Gasteiger partial charge in [0.15, 0.2) is 11.3 Å². The normalized spacial score (nSPS) is 15.9. The second kappa shape index (κ2) is 9.22. The number of hydrogen-bond donors (Lipinski definition) is 2. The van der Waals surface area contributed by atoms with E-state index in [0.29, 0.717) is 30.2 Å². The van der Waals surface area contributed by atoms with Crippen molar-refractivity contribution in [1.82, 2.24) is 19.5 Å². The van der Waals surface area contributed by atoms with Gasteiger partial charge in [0.05, 0.1) is 6.54 Å². The molecule has 0 radical (unpaired) electrons. The van der Waals surface area contributed by atoms with Crippen LogP contribution in [0.5, 0.6) is 5.75 Å². The number of allylic oxidation sites excluding steroid dienone is 3. The molecule has 0 saturated carbocycles. The number of carbonyl (C=O) groups is 2. The highest BCUT2D eigenvalue weighted by Gasteiger charge is 2.30. The fourth-order valence-corrected chi connectivity index (χ4v) is 4.55. The van der Waals surface area contributed by atoms with E-state index in [-0.39, 0.29) is 11.8 Å². The molecule has 2 aromatic heterocycles. The Morgan fingerprint density at radius 2 is 1.92 bits per heavy atom. The molecule has 0 bridgehead atoms. The summed E-state index contributed by atoms with van der Waals surface area (Å²) in [7, 11) is 0. The number of carbonyl (C=O) groups excluding carboxylic acids is 2. The van der Waals surface area contributed by atoms with Crippen LogP contribution in [0, 0.1) is 0 Å². The summed E-state index contributed by atoms with van der Waals surface area (Å²) >= 11 is 0. The Bertz CT molecular complexity index is 1370. The molecule has 1 aliphatic heterocycles. The van der Waals surface area contributed by atoms with Gasteiger partial charge in [0, 0.05) is 23.4 Å². The van der Waals surface area contributed by atoms with Crippen LogP contribution in [-0.4, -0.2) is 43.6 Å². The van der Waals surface area contributed by atoms with Gasteiger partial charge >= 0.3 is 6.09 Å².